The molecule has 0 fully saturated rings. The molecule has 21 heavy (non-hydrogen) atoms. The van der Waals surface area contributed by atoms with E-state index in [0.29, 0.717) is 5.69 Å². The lowest BCUT2D eigenvalue weighted by Crippen LogP contribution is -2.14. The first-order valence-corrected chi connectivity index (χ1v) is 7.39. The summed E-state index contributed by atoms with van der Waals surface area (Å²) in [6.07, 6.45) is 3.76. The summed E-state index contributed by atoms with van der Waals surface area (Å²) in [6, 6.07) is 17.1. The molecule has 0 spiro atoms. The first-order chi connectivity index (χ1) is 10.1. The van der Waals surface area contributed by atoms with Crippen LogP contribution in [0.4, 0.5) is 5.69 Å². The zero-order chi connectivity index (χ0) is 15.1. The summed E-state index contributed by atoms with van der Waals surface area (Å²) in [5, 5.41) is 10.6. The summed E-state index contributed by atoms with van der Waals surface area (Å²) >= 11 is 1.41. The highest BCUT2D eigenvalue weighted by molar-refractivity contribution is 8.00. The van der Waals surface area contributed by atoms with E-state index in [1.54, 1.807) is 6.07 Å². The maximum absolute atomic E-state index is 10.8. The van der Waals surface area contributed by atoms with E-state index in [0.717, 1.165) is 10.5 Å². The van der Waals surface area contributed by atoms with Gasteiger partial charge in [-0.05, 0) is 17.7 Å². The molecule has 0 saturated carbocycles. The van der Waals surface area contributed by atoms with E-state index in [9.17, 15) is 10.1 Å². The molecule has 2 rings (SSSR count). The zero-order valence-corrected chi connectivity index (χ0v) is 12.2. The van der Waals surface area contributed by atoms with Gasteiger partial charge in [0, 0.05) is 15.5 Å². The van der Waals surface area contributed by atoms with E-state index in [1.807, 2.05) is 60.7 Å². The van der Waals surface area contributed by atoms with Crippen molar-refractivity contribution in [1.82, 2.24) is 0 Å². The van der Waals surface area contributed by atoms with Gasteiger partial charge < -0.3 is 5.73 Å². The van der Waals surface area contributed by atoms with Crippen LogP contribution in [0, 0.1) is 10.1 Å². The molecule has 2 aromatic rings. The van der Waals surface area contributed by atoms with Gasteiger partial charge in [0.05, 0.1) is 5.25 Å². The molecular formula is C16H16N2O2S. The third-order valence-corrected chi connectivity index (χ3v) is 4.06. The average molecular weight is 300 g/mol. The largest absolute Gasteiger partial charge is 0.398 e. The summed E-state index contributed by atoms with van der Waals surface area (Å²) in [4.78, 5) is 11.4. The predicted octanol–water partition coefficient (Wildman–Crippen LogP) is 3.72. The Hall–Kier alpha value is -2.27. The fourth-order valence-electron chi connectivity index (χ4n) is 1.82. The SMILES string of the molecule is Nc1ccccc1SC(C=Cc1ccccc1)C[N+](=O)[O-]. The van der Waals surface area contributed by atoms with Crippen LogP contribution in [0.5, 0.6) is 0 Å². The Morgan fingerprint density at radius 3 is 2.48 bits per heavy atom. The second-order valence-electron chi connectivity index (χ2n) is 4.48. The summed E-state index contributed by atoms with van der Waals surface area (Å²) in [5.74, 6) is 0. The van der Waals surface area contributed by atoms with Crippen LogP contribution in [0.1, 0.15) is 5.56 Å². The Kier molecular flexibility index (Phi) is 5.40. The van der Waals surface area contributed by atoms with Crippen LogP contribution in [0.3, 0.4) is 0 Å². The van der Waals surface area contributed by atoms with E-state index in [4.69, 9.17) is 5.73 Å². The monoisotopic (exact) mass is 300 g/mol. The molecule has 0 heterocycles. The van der Waals surface area contributed by atoms with Crippen molar-refractivity contribution < 1.29 is 4.92 Å². The van der Waals surface area contributed by atoms with Crippen molar-refractivity contribution in [3.63, 3.8) is 0 Å². The molecule has 1 atom stereocenters. The van der Waals surface area contributed by atoms with E-state index < -0.39 is 0 Å². The number of hydrogen-bond donors (Lipinski definition) is 1. The molecule has 2 aromatic carbocycles. The van der Waals surface area contributed by atoms with Crippen LogP contribution in [-0.2, 0) is 0 Å². The van der Waals surface area contributed by atoms with Crippen LogP contribution in [0.2, 0.25) is 0 Å². The normalized spacial score (nSPS) is 12.4. The number of nitrogen functional groups attached to an aromatic ring is 1. The number of nitrogens with zero attached hydrogens (tertiary/aromatic N) is 1. The molecule has 108 valence electrons. The van der Waals surface area contributed by atoms with Gasteiger partial charge in [0.25, 0.3) is 0 Å². The van der Waals surface area contributed by atoms with Gasteiger partial charge in [0.2, 0.25) is 6.54 Å². The quantitative estimate of drug-likeness (QED) is 0.382. The third kappa shape index (κ3) is 4.96. The number of rotatable bonds is 6. The number of nitro groups is 1. The van der Waals surface area contributed by atoms with Gasteiger partial charge in [-0.25, -0.2) is 0 Å². The maximum Gasteiger partial charge on any atom is 0.219 e. The van der Waals surface area contributed by atoms with Gasteiger partial charge in [-0.3, -0.25) is 10.1 Å². The number of nitrogens with two attached hydrogens (primary N) is 1. The van der Waals surface area contributed by atoms with Gasteiger partial charge in [-0.1, -0.05) is 54.6 Å². The molecular weight excluding hydrogens is 284 g/mol. The molecule has 2 N–H and O–H groups in total. The van der Waals surface area contributed by atoms with Crippen LogP contribution in [-0.4, -0.2) is 16.7 Å². The van der Waals surface area contributed by atoms with Gasteiger partial charge in [0.1, 0.15) is 0 Å². The fourth-order valence-corrected chi connectivity index (χ4v) is 2.86. The second-order valence-corrected chi connectivity index (χ2v) is 5.76. The van der Waals surface area contributed by atoms with Crippen molar-refractivity contribution in [3.05, 3.63) is 76.4 Å². The third-order valence-electron chi connectivity index (χ3n) is 2.83. The number of anilines is 1. The molecule has 0 aromatic heterocycles. The highest BCUT2D eigenvalue weighted by Crippen LogP contribution is 2.29. The summed E-state index contributed by atoms with van der Waals surface area (Å²) in [5.41, 5.74) is 7.56. The standard InChI is InChI=1S/C16H16N2O2S/c17-15-8-4-5-9-16(15)21-14(12-18(19)20)11-10-13-6-2-1-3-7-13/h1-11,14H,12,17H2. The summed E-state index contributed by atoms with van der Waals surface area (Å²) < 4.78 is 0. The molecule has 0 radical (unpaired) electrons. The highest BCUT2D eigenvalue weighted by atomic mass is 32.2. The summed E-state index contributed by atoms with van der Waals surface area (Å²) in [6.45, 7) is -0.137. The summed E-state index contributed by atoms with van der Waals surface area (Å²) in [7, 11) is 0. The molecule has 0 amide bonds. The van der Waals surface area contributed by atoms with Crippen LogP contribution in [0.25, 0.3) is 6.08 Å². The smallest absolute Gasteiger partial charge is 0.219 e. The molecule has 0 aliphatic heterocycles. The van der Waals surface area contributed by atoms with Gasteiger partial charge in [-0.2, -0.15) is 0 Å². The first kappa shape index (κ1) is 15.1. The Morgan fingerprint density at radius 2 is 1.81 bits per heavy atom. The van der Waals surface area contributed by atoms with Crippen LogP contribution < -0.4 is 5.73 Å². The average Bonchev–Trinajstić information content (AvgIpc) is 2.48. The molecule has 1 unspecified atom stereocenters. The van der Waals surface area contributed by atoms with E-state index in [2.05, 4.69) is 0 Å². The minimum Gasteiger partial charge on any atom is -0.398 e. The van der Waals surface area contributed by atoms with Crippen molar-refractivity contribution >= 4 is 23.5 Å². The van der Waals surface area contributed by atoms with Crippen LogP contribution >= 0.6 is 11.8 Å². The molecule has 0 saturated heterocycles. The van der Waals surface area contributed by atoms with Gasteiger partial charge >= 0.3 is 0 Å². The Bertz CT molecular complexity index is 629. The minimum absolute atomic E-state index is 0.137. The lowest BCUT2D eigenvalue weighted by molar-refractivity contribution is -0.477. The van der Waals surface area contributed by atoms with Crippen LogP contribution in [0.15, 0.2) is 65.6 Å². The lowest BCUT2D eigenvalue weighted by atomic mass is 10.2. The van der Waals surface area contributed by atoms with Crippen molar-refractivity contribution in [2.24, 2.45) is 0 Å². The molecule has 4 nitrogen and oxygen atoms in total. The van der Waals surface area contributed by atoms with E-state index in [-0.39, 0.29) is 16.7 Å². The minimum atomic E-state index is -0.299. The first-order valence-electron chi connectivity index (χ1n) is 6.51. The Labute approximate surface area is 127 Å². The van der Waals surface area contributed by atoms with E-state index >= 15 is 0 Å². The molecule has 0 aliphatic carbocycles. The van der Waals surface area contributed by atoms with Crippen molar-refractivity contribution in [2.45, 2.75) is 10.1 Å². The topological polar surface area (TPSA) is 69.2 Å². The van der Waals surface area contributed by atoms with Crippen molar-refractivity contribution in [3.8, 4) is 0 Å². The van der Waals surface area contributed by atoms with Gasteiger partial charge in [-0.15, -0.1) is 11.8 Å². The number of hydrogen-bond acceptors (Lipinski definition) is 4. The Morgan fingerprint density at radius 1 is 1.14 bits per heavy atom. The highest BCUT2D eigenvalue weighted by Gasteiger charge is 2.15. The van der Waals surface area contributed by atoms with Crippen molar-refractivity contribution in [1.29, 1.82) is 0 Å². The zero-order valence-electron chi connectivity index (χ0n) is 11.4. The molecule has 0 aliphatic rings. The second kappa shape index (κ2) is 7.50. The maximum atomic E-state index is 10.8. The molecule has 0 bridgehead atoms. The number of thioether (sulfide) groups is 1. The number of para-hydroxylation sites is 1. The molecule has 5 heteroatoms. The Balaban J connectivity index is 2.13. The lowest BCUT2D eigenvalue weighted by Gasteiger charge is -2.10. The van der Waals surface area contributed by atoms with Gasteiger partial charge in [0.15, 0.2) is 0 Å². The predicted molar refractivity (Wildman–Crippen MR) is 87.8 cm³/mol. The van der Waals surface area contributed by atoms with Crippen molar-refractivity contribution in [2.75, 3.05) is 12.3 Å². The fraction of sp³-hybridized carbons (Fsp3) is 0.125. The van der Waals surface area contributed by atoms with E-state index in [1.165, 1.54) is 11.8 Å². The number of benzene rings is 2.